The zero-order chi connectivity index (χ0) is 22.2. The number of aromatic nitrogens is 6. The number of aromatic amines is 1. The predicted molar refractivity (Wildman–Crippen MR) is 123 cm³/mol. The second kappa shape index (κ2) is 7.73. The number of H-pyrrole nitrogens is 1. The Balaban J connectivity index is 1.62. The van der Waals surface area contributed by atoms with Crippen molar-refractivity contribution in [3.8, 4) is 22.6 Å². The Kier molecular flexibility index (Phi) is 4.74. The molecule has 158 valence electrons. The van der Waals surface area contributed by atoms with Crippen LogP contribution in [-0.4, -0.2) is 42.4 Å². The smallest absolute Gasteiger partial charge is 0.208 e. The lowest BCUT2D eigenvalue weighted by Crippen LogP contribution is -2.11. The largest absolute Gasteiger partial charge is 0.322 e. The number of carbonyl (C=O) groups is 1. The molecule has 0 aliphatic carbocycles. The van der Waals surface area contributed by atoms with E-state index in [1.165, 1.54) is 6.33 Å². The molecule has 4 aromatic heterocycles. The molecule has 0 amide bonds. The number of Topliss-reactive ketones (excluding diaryl/α,β-unsaturated/α-hetero) is 1. The van der Waals surface area contributed by atoms with Crippen LogP contribution in [0.4, 0.5) is 11.6 Å². The SMILES string of the molecule is CC(=O)c1ccc(N(C)c2nc(-c3ccc4ncnn4c3)c(-c3cccc(C)n3)[nH]2)cc1. The van der Waals surface area contributed by atoms with Crippen LogP contribution in [0.2, 0.25) is 0 Å². The highest BCUT2D eigenvalue weighted by atomic mass is 16.1. The molecular formula is C24H21N7O. The first kappa shape index (κ1) is 19.6. The fourth-order valence-corrected chi connectivity index (χ4v) is 3.60. The first-order valence-corrected chi connectivity index (χ1v) is 10.2. The summed E-state index contributed by atoms with van der Waals surface area (Å²) in [6.07, 6.45) is 3.43. The third kappa shape index (κ3) is 3.51. The van der Waals surface area contributed by atoms with Crippen LogP contribution in [0, 0.1) is 6.92 Å². The minimum absolute atomic E-state index is 0.0378. The van der Waals surface area contributed by atoms with Crippen molar-refractivity contribution in [3.63, 3.8) is 0 Å². The van der Waals surface area contributed by atoms with Gasteiger partial charge in [0.2, 0.25) is 5.95 Å². The highest BCUT2D eigenvalue weighted by Crippen LogP contribution is 2.33. The Morgan fingerprint density at radius 1 is 1.03 bits per heavy atom. The van der Waals surface area contributed by atoms with Gasteiger partial charge in [-0.05, 0) is 62.4 Å². The summed E-state index contributed by atoms with van der Waals surface area (Å²) >= 11 is 0. The molecule has 0 saturated carbocycles. The summed E-state index contributed by atoms with van der Waals surface area (Å²) in [5.74, 6) is 0.698. The number of pyridine rings is 2. The van der Waals surface area contributed by atoms with Crippen molar-refractivity contribution in [2.45, 2.75) is 13.8 Å². The lowest BCUT2D eigenvalue weighted by Gasteiger charge is -2.16. The van der Waals surface area contributed by atoms with Gasteiger partial charge in [0.05, 0.1) is 11.4 Å². The van der Waals surface area contributed by atoms with Gasteiger partial charge >= 0.3 is 0 Å². The summed E-state index contributed by atoms with van der Waals surface area (Å²) in [7, 11) is 1.93. The normalized spacial score (nSPS) is 11.1. The van der Waals surface area contributed by atoms with Crippen molar-refractivity contribution in [3.05, 3.63) is 78.4 Å². The first-order valence-electron chi connectivity index (χ1n) is 10.2. The third-order valence-corrected chi connectivity index (χ3v) is 5.36. The molecule has 32 heavy (non-hydrogen) atoms. The zero-order valence-electron chi connectivity index (χ0n) is 17.9. The van der Waals surface area contributed by atoms with E-state index in [1.807, 2.05) is 79.7 Å². The summed E-state index contributed by atoms with van der Waals surface area (Å²) in [6, 6.07) is 17.2. The number of nitrogens with zero attached hydrogens (tertiary/aromatic N) is 6. The molecule has 0 aliphatic heterocycles. The van der Waals surface area contributed by atoms with Crippen LogP contribution in [0.3, 0.4) is 0 Å². The fraction of sp³-hybridized carbons (Fsp3) is 0.125. The van der Waals surface area contributed by atoms with E-state index in [9.17, 15) is 4.79 Å². The van der Waals surface area contributed by atoms with Gasteiger partial charge in [-0.2, -0.15) is 5.10 Å². The Morgan fingerprint density at radius 2 is 1.84 bits per heavy atom. The molecule has 4 heterocycles. The molecule has 8 heteroatoms. The number of hydrogen-bond donors (Lipinski definition) is 1. The molecule has 0 atom stereocenters. The van der Waals surface area contributed by atoms with Gasteiger partial charge in [0.1, 0.15) is 12.0 Å². The Bertz CT molecular complexity index is 1430. The summed E-state index contributed by atoms with van der Waals surface area (Å²) in [5, 5.41) is 4.25. The monoisotopic (exact) mass is 423 g/mol. The number of anilines is 2. The van der Waals surface area contributed by atoms with Crippen LogP contribution in [-0.2, 0) is 0 Å². The summed E-state index contributed by atoms with van der Waals surface area (Å²) in [6.45, 7) is 3.52. The molecule has 0 saturated heterocycles. The van der Waals surface area contributed by atoms with Crippen molar-refractivity contribution in [2.75, 3.05) is 11.9 Å². The zero-order valence-corrected chi connectivity index (χ0v) is 17.9. The second-order valence-electron chi connectivity index (χ2n) is 7.59. The number of fused-ring (bicyclic) bond motifs is 1. The molecule has 0 bridgehead atoms. The summed E-state index contributed by atoms with van der Waals surface area (Å²) < 4.78 is 1.72. The van der Waals surface area contributed by atoms with Gasteiger partial charge in [-0.3, -0.25) is 9.78 Å². The minimum Gasteiger partial charge on any atom is -0.322 e. The number of rotatable bonds is 5. The van der Waals surface area contributed by atoms with Crippen LogP contribution in [0.5, 0.6) is 0 Å². The standard InChI is InChI=1S/C24H21N7O/c1-15-5-4-6-20(27-15)23-22(18-9-12-21-25-14-26-31(21)13-18)28-24(29-23)30(3)19-10-7-17(8-11-19)16(2)32/h4-14H,1-3H3,(H,28,29). The van der Waals surface area contributed by atoms with E-state index in [0.29, 0.717) is 11.5 Å². The van der Waals surface area contributed by atoms with E-state index in [4.69, 9.17) is 9.97 Å². The van der Waals surface area contributed by atoms with Gasteiger partial charge in [-0.1, -0.05) is 6.07 Å². The van der Waals surface area contributed by atoms with Crippen molar-refractivity contribution < 1.29 is 4.79 Å². The molecule has 1 N–H and O–H groups in total. The Hall–Kier alpha value is -4.33. The van der Waals surface area contributed by atoms with E-state index in [1.54, 1.807) is 11.4 Å². The van der Waals surface area contributed by atoms with Crippen LogP contribution >= 0.6 is 0 Å². The molecule has 0 unspecified atom stereocenters. The second-order valence-corrected chi connectivity index (χ2v) is 7.59. The molecule has 1 aromatic carbocycles. The quantitative estimate of drug-likeness (QED) is 0.420. The van der Waals surface area contributed by atoms with Gasteiger partial charge in [0.15, 0.2) is 11.4 Å². The maximum Gasteiger partial charge on any atom is 0.208 e. The Labute approximate surface area is 184 Å². The third-order valence-electron chi connectivity index (χ3n) is 5.36. The number of hydrogen-bond acceptors (Lipinski definition) is 6. The van der Waals surface area contributed by atoms with E-state index in [2.05, 4.69) is 15.1 Å². The highest BCUT2D eigenvalue weighted by Gasteiger charge is 2.19. The number of aryl methyl sites for hydroxylation is 1. The Morgan fingerprint density at radius 3 is 2.59 bits per heavy atom. The highest BCUT2D eigenvalue weighted by molar-refractivity contribution is 5.94. The van der Waals surface area contributed by atoms with Crippen molar-refractivity contribution in [1.82, 2.24) is 29.5 Å². The molecule has 0 spiro atoms. The average molecular weight is 423 g/mol. The number of nitrogens with one attached hydrogen (secondary N) is 1. The van der Waals surface area contributed by atoms with E-state index < -0.39 is 0 Å². The lowest BCUT2D eigenvalue weighted by molar-refractivity contribution is 0.101. The predicted octanol–water partition coefficient (Wildman–Crippen LogP) is 4.46. The van der Waals surface area contributed by atoms with E-state index in [0.717, 1.165) is 39.7 Å². The number of benzene rings is 1. The maximum atomic E-state index is 11.6. The van der Waals surface area contributed by atoms with Gasteiger partial charge in [-0.15, -0.1) is 0 Å². The van der Waals surface area contributed by atoms with E-state index in [-0.39, 0.29) is 5.78 Å². The van der Waals surface area contributed by atoms with Crippen molar-refractivity contribution >= 4 is 23.1 Å². The molecule has 0 fully saturated rings. The molecule has 5 rings (SSSR count). The van der Waals surface area contributed by atoms with Gasteiger partial charge in [0.25, 0.3) is 0 Å². The first-order chi connectivity index (χ1) is 15.5. The van der Waals surface area contributed by atoms with Crippen LogP contribution in [0.25, 0.3) is 28.3 Å². The van der Waals surface area contributed by atoms with Gasteiger partial charge < -0.3 is 9.88 Å². The molecular weight excluding hydrogens is 402 g/mol. The van der Waals surface area contributed by atoms with Crippen LogP contribution in [0.1, 0.15) is 23.0 Å². The van der Waals surface area contributed by atoms with Crippen molar-refractivity contribution in [1.29, 1.82) is 0 Å². The topological polar surface area (TPSA) is 92.1 Å². The van der Waals surface area contributed by atoms with Crippen molar-refractivity contribution in [2.24, 2.45) is 0 Å². The van der Waals surface area contributed by atoms with Gasteiger partial charge in [0, 0.05) is 35.8 Å². The van der Waals surface area contributed by atoms with E-state index >= 15 is 0 Å². The number of imidazole rings is 1. The lowest BCUT2D eigenvalue weighted by atomic mass is 10.1. The molecule has 5 aromatic rings. The van der Waals surface area contributed by atoms with Crippen LogP contribution in [0.15, 0.2) is 67.1 Å². The molecule has 8 nitrogen and oxygen atoms in total. The fourth-order valence-electron chi connectivity index (χ4n) is 3.60. The summed E-state index contributed by atoms with van der Waals surface area (Å²) in [4.78, 5) is 30.8. The average Bonchev–Trinajstić information content (AvgIpc) is 3.45. The molecule has 0 radical (unpaired) electrons. The number of carbonyl (C=O) groups excluding carboxylic acids is 1. The number of ketones is 1. The minimum atomic E-state index is 0.0378. The van der Waals surface area contributed by atoms with Gasteiger partial charge in [-0.25, -0.2) is 14.5 Å². The summed E-state index contributed by atoms with van der Waals surface area (Å²) in [5.41, 5.74) is 6.55. The van der Waals surface area contributed by atoms with Crippen LogP contribution < -0.4 is 4.90 Å². The maximum absolute atomic E-state index is 11.6. The molecule has 0 aliphatic rings.